The molecule has 6 nitrogen and oxygen atoms in total. The number of carbonyl (C=O) groups is 2. The van der Waals surface area contributed by atoms with Crippen LogP contribution in [0.4, 0.5) is 10.6 Å². The van der Waals surface area contributed by atoms with Gasteiger partial charge in [0.05, 0.1) is 5.69 Å². The van der Waals surface area contributed by atoms with Gasteiger partial charge in [0, 0.05) is 31.6 Å². The summed E-state index contributed by atoms with van der Waals surface area (Å²) >= 11 is 0. The lowest BCUT2D eigenvalue weighted by Gasteiger charge is -2.28. The highest BCUT2D eigenvalue weighted by molar-refractivity contribution is 5.97. The molecule has 1 aliphatic heterocycles. The molecule has 0 bridgehead atoms. The first-order valence-electron chi connectivity index (χ1n) is 9.49. The number of ether oxygens (including phenoxy) is 1. The minimum absolute atomic E-state index is 0.0613. The number of hydrogen-bond acceptors (Lipinski definition) is 5. The molecule has 6 heteroatoms. The summed E-state index contributed by atoms with van der Waals surface area (Å²) in [7, 11) is 0. The van der Waals surface area contributed by atoms with Gasteiger partial charge in [-0.3, -0.25) is 4.79 Å². The van der Waals surface area contributed by atoms with Gasteiger partial charge in [0.2, 0.25) is 0 Å². The number of nitrogens with zero attached hydrogens (tertiary/aromatic N) is 2. The number of amides is 1. The lowest BCUT2D eigenvalue weighted by molar-refractivity contribution is 0.0525. The SMILES string of the molecule is Cc1nc(N2CCCCC2)ccc1C(=O)CCCNC(=O)OC(C)(C)C. The molecule has 1 fully saturated rings. The molecular formula is C20H31N3O3. The fraction of sp³-hybridized carbons (Fsp3) is 0.650. The van der Waals surface area contributed by atoms with Crippen molar-refractivity contribution in [3.8, 4) is 0 Å². The Balaban J connectivity index is 1.81. The highest BCUT2D eigenvalue weighted by Gasteiger charge is 2.17. The Kier molecular flexibility index (Phi) is 7.00. The van der Waals surface area contributed by atoms with Crippen LogP contribution in [0.1, 0.15) is 68.9 Å². The predicted molar refractivity (Wildman–Crippen MR) is 103 cm³/mol. The van der Waals surface area contributed by atoms with Crippen molar-refractivity contribution in [3.63, 3.8) is 0 Å². The van der Waals surface area contributed by atoms with Crippen LogP contribution >= 0.6 is 0 Å². The molecule has 0 spiro atoms. The van der Waals surface area contributed by atoms with Gasteiger partial charge in [-0.05, 0) is 65.5 Å². The Hall–Kier alpha value is -2.11. The normalized spacial score (nSPS) is 14.8. The van der Waals surface area contributed by atoms with E-state index < -0.39 is 11.7 Å². The number of pyridine rings is 1. The van der Waals surface area contributed by atoms with Crippen molar-refractivity contribution in [3.05, 3.63) is 23.4 Å². The zero-order valence-corrected chi connectivity index (χ0v) is 16.4. The summed E-state index contributed by atoms with van der Waals surface area (Å²) in [5.41, 5.74) is 0.930. The number of carbonyl (C=O) groups excluding carboxylic acids is 2. The first-order valence-corrected chi connectivity index (χ1v) is 9.49. The molecule has 1 amide bonds. The molecule has 1 aliphatic rings. The van der Waals surface area contributed by atoms with Crippen LogP contribution < -0.4 is 10.2 Å². The van der Waals surface area contributed by atoms with Gasteiger partial charge < -0.3 is 15.0 Å². The van der Waals surface area contributed by atoms with Crippen LogP contribution in [0.15, 0.2) is 12.1 Å². The first kappa shape index (κ1) is 20.2. The van der Waals surface area contributed by atoms with Gasteiger partial charge in [0.25, 0.3) is 0 Å². The van der Waals surface area contributed by atoms with Gasteiger partial charge in [0.1, 0.15) is 11.4 Å². The second-order valence-electron chi connectivity index (χ2n) is 7.81. The minimum atomic E-state index is -0.515. The molecule has 0 unspecified atom stereocenters. The Morgan fingerprint density at radius 2 is 1.88 bits per heavy atom. The molecule has 0 aliphatic carbocycles. The van der Waals surface area contributed by atoms with E-state index in [1.807, 2.05) is 39.8 Å². The summed E-state index contributed by atoms with van der Waals surface area (Å²) in [5, 5.41) is 2.68. The van der Waals surface area contributed by atoms with Crippen molar-refractivity contribution >= 4 is 17.7 Å². The molecule has 0 aromatic carbocycles. The highest BCUT2D eigenvalue weighted by Crippen LogP contribution is 2.20. The number of anilines is 1. The fourth-order valence-corrected chi connectivity index (χ4v) is 3.03. The molecule has 2 heterocycles. The third kappa shape index (κ3) is 6.32. The number of nitrogens with one attached hydrogen (secondary N) is 1. The van der Waals surface area contributed by atoms with E-state index in [1.165, 1.54) is 19.3 Å². The van der Waals surface area contributed by atoms with Gasteiger partial charge in [-0.15, -0.1) is 0 Å². The number of aromatic nitrogens is 1. The number of aryl methyl sites for hydroxylation is 1. The summed E-state index contributed by atoms with van der Waals surface area (Å²) < 4.78 is 5.17. The topological polar surface area (TPSA) is 71.5 Å². The molecule has 144 valence electrons. The number of hydrogen-bond donors (Lipinski definition) is 1. The lowest BCUT2D eigenvalue weighted by Crippen LogP contribution is -2.33. The van der Waals surface area contributed by atoms with E-state index >= 15 is 0 Å². The van der Waals surface area contributed by atoms with Crippen molar-refractivity contribution in [2.24, 2.45) is 0 Å². The van der Waals surface area contributed by atoms with Gasteiger partial charge in [-0.1, -0.05) is 0 Å². The third-order valence-corrected chi connectivity index (χ3v) is 4.30. The fourth-order valence-electron chi connectivity index (χ4n) is 3.03. The molecule has 0 radical (unpaired) electrons. The molecule has 1 aromatic rings. The molecule has 0 saturated carbocycles. The Bertz CT molecular complexity index is 632. The Morgan fingerprint density at radius 1 is 1.19 bits per heavy atom. The molecule has 1 aromatic heterocycles. The maximum absolute atomic E-state index is 12.4. The first-order chi connectivity index (χ1) is 12.3. The van der Waals surface area contributed by atoms with Gasteiger partial charge >= 0.3 is 6.09 Å². The van der Waals surface area contributed by atoms with E-state index in [0.717, 1.165) is 24.6 Å². The maximum atomic E-state index is 12.4. The molecule has 0 atom stereocenters. The Morgan fingerprint density at radius 3 is 2.50 bits per heavy atom. The molecule has 1 saturated heterocycles. The van der Waals surface area contributed by atoms with E-state index in [1.54, 1.807) is 0 Å². The quantitative estimate of drug-likeness (QED) is 0.615. The average Bonchev–Trinajstić information content (AvgIpc) is 2.57. The van der Waals surface area contributed by atoms with Crippen molar-refractivity contribution in [1.82, 2.24) is 10.3 Å². The van der Waals surface area contributed by atoms with E-state index in [-0.39, 0.29) is 5.78 Å². The van der Waals surface area contributed by atoms with E-state index in [0.29, 0.717) is 24.9 Å². The zero-order valence-electron chi connectivity index (χ0n) is 16.4. The van der Waals surface area contributed by atoms with Crippen LogP contribution in [-0.4, -0.2) is 42.1 Å². The summed E-state index contributed by atoms with van der Waals surface area (Å²) in [6.45, 7) is 9.84. The van der Waals surface area contributed by atoms with Crippen molar-refractivity contribution < 1.29 is 14.3 Å². The van der Waals surface area contributed by atoms with Gasteiger partial charge in [-0.25, -0.2) is 9.78 Å². The molecule has 2 rings (SSSR count). The second kappa shape index (κ2) is 9.01. The summed E-state index contributed by atoms with van der Waals surface area (Å²) in [4.78, 5) is 30.9. The lowest BCUT2D eigenvalue weighted by atomic mass is 10.0. The Labute approximate surface area is 156 Å². The van der Waals surface area contributed by atoms with Crippen LogP contribution in [0.2, 0.25) is 0 Å². The standard InChI is InChI=1S/C20H31N3O3/c1-15-16(10-11-18(22-15)23-13-6-5-7-14-23)17(24)9-8-12-21-19(25)26-20(2,3)4/h10-11H,5-9,12-14H2,1-4H3,(H,21,25). The summed E-state index contributed by atoms with van der Waals surface area (Å²) in [6, 6.07) is 3.83. The van der Waals surface area contributed by atoms with E-state index in [9.17, 15) is 9.59 Å². The minimum Gasteiger partial charge on any atom is -0.444 e. The van der Waals surface area contributed by atoms with Gasteiger partial charge in [-0.2, -0.15) is 0 Å². The van der Waals surface area contributed by atoms with Crippen molar-refractivity contribution in [1.29, 1.82) is 0 Å². The second-order valence-corrected chi connectivity index (χ2v) is 7.81. The highest BCUT2D eigenvalue weighted by atomic mass is 16.6. The van der Waals surface area contributed by atoms with Gasteiger partial charge in [0.15, 0.2) is 5.78 Å². The van der Waals surface area contributed by atoms with E-state index in [2.05, 4.69) is 15.2 Å². The smallest absolute Gasteiger partial charge is 0.407 e. The number of alkyl carbamates (subject to hydrolysis) is 1. The maximum Gasteiger partial charge on any atom is 0.407 e. The number of rotatable bonds is 6. The number of piperidine rings is 1. The van der Waals surface area contributed by atoms with Crippen LogP contribution in [0.25, 0.3) is 0 Å². The monoisotopic (exact) mass is 361 g/mol. The van der Waals surface area contributed by atoms with Crippen LogP contribution in [-0.2, 0) is 4.74 Å². The molecule has 26 heavy (non-hydrogen) atoms. The predicted octanol–water partition coefficient (Wildman–Crippen LogP) is 3.87. The van der Waals surface area contributed by atoms with Crippen LogP contribution in [0.3, 0.4) is 0 Å². The summed E-state index contributed by atoms with van der Waals surface area (Å²) in [5.74, 6) is 1.02. The number of ketones is 1. The largest absolute Gasteiger partial charge is 0.444 e. The summed E-state index contributed by atoms with van der Waals surface area (Å²) in [6.07, 6.45) is 4.18. The van der Waals surface area contributed by atoms with Crippen molar-refractivity contribution in [2.75, 3.05) is 24.5 Å². The average molecular weight is 361 g/mol. The third-order valence-electron chi connectivity index (χ3n) is 4.30. The van der Waals surface area contributed by atoms with Crippen LogP contribution in [0.5, 0.6) is 0 Å². The molecular weight excluding hydrogens is 330 g/mol. The van der Waals surface area contributed by atoms with Crippen LogP contribution in [0, 0.1) is 6.92 Å². The van der Waals surface area contributed by atoms with Crippen molar-refractivity contribution in [2.45, 2.75) is 65.4 Å². The number of Topliss-reactive ketones (excluding diaryl/α,β-unsaturated/α-hetero) is 1. The zero-order chi connectivity index (χ0) is 19.2. The van der Waals surface area contributed by atoms with E-state index in [4.69, 9.17) is 4.74 Å². The molecule has 1 N–H and O–H groups in total.